The molecule has 7 nitrogen and oxygen atoms in total. The standard InChI is InChI=1S/C11H21N3O4S/c1-4-10(15)13-6-7-14(19(3,17)18)9(8-13)11(16)12-5-2/h9H,4-8H2,1-3H3,(H,12,16). The van der Waals surface area contributed by atoms with E-state index in [1.165, 1.54) is 0 Å². The van der Waals surface area contributed by atoms with E-state index >= 15 is 0 Å². The quantitative estimate of drug-likeness (QED) is 0.720. The molecule has 0 aromatic rings. The summed E-state index contributed by atoms with van der Waals surface area (Å²) in [6.07, 6.45) is 1.43. The highest BCUT2D eigenvalue weighted by Crippen LogP contribution is 2.14. The van der Waals surface area contributed by atoms with Crippen LogP contribution in [0.4, 0.5) is 0 Å². The van der Waals surface area contributed by atoms with Crippen LogP contribution in [-0.4, -0.2) is 67.9 Å². The Balaban J connectivity index is 2.92. The SMILES string of the molecule is CCNC(=O)C1CN(C(=O)CC)CCN1S(C)(=O)=O. The van der Waals surface area contributed by atoms with Crippen LogP contribution < -0.4 is 5.32 Å². The number of nitrogens with zero attached hydrogens (tertiary/aromatic N) is 2. The van der Waals surface area contributed by atoms with Gasteiger partial charge >= 0.3 is 0 Å². The van der Waals surface area contributed by atoms with Crippen molar-refractivity contribution in [1.29, 1.82) is 0 Å². The molecule has 1 N–H and O–H groups in total. The Morgan fingerprint density at radius 2 is 1.89 bits per heavy atom. The van der Waals surface area contributed by atoms with E-state index < -0.39 is 16.1 Å². The van der Waals surface area contributed by atoms with E-state index in [1.807, 2.05) is 0 Å². The predicted octanol–water partition coefficient (Wildman–Crippen LogP) is -0.995. The number of amides is 2. The summed E-state index contributed by atoms with van der Waals surface area (Å²) < 4.78 is 24.6. The molecule has 0 radical (unpaired) electrons. The van der Waals surface area contributed by atoms with Crippen molar-refractivity contribution in [1.82, 2.24) is 14.5 Å². The highest BCUT2D eigenvalue weighted by molar-refractivity contribution is 7.88. The van der Waals surface area contributed by atoms with Crippen molar-refractivity contribution in [2.24, 2.45) is 0 Å². The van der Waals surface area contributed by atoms with E-state index in [1.54, 1.807) is 18.7 Å². The van der Waals surface area contributed by atoms with Crippen molar-refractivity contribution in [2.75, 3.05) is 32.4 Å². The lowest BCUT2D eigenvalue weighted by molar-refractivity contribution is -0.135. The van der Waals surface area contributed by atoms with E-state index in [0.29, 0.717) is 19.5 Å². The third kappa shape index (κ3) is 3.90. The Morgan fingerprint density at radius 3 is 2.37 bits per heavy atom. The molecule has 1 saturated heterocycles. The molecule has 1 atom stereocenters. The second-order valence-corrected chi connectivity index (χ2v) is 6.41. The minimum absolute atomic E-state index is 0.0672. The molecule has 2 amide bonds. The number of nitrogens with one attached hydrogen (secondary N) is 1. The maximum absolute atomic E-state index is 12.0. The van der Waals surface area contributed by atoms with Gasteiger partial charge in [-0.15, -0.1) is 0 Å². The van der Waals surface area contributed by atoms with E-state index in [0.717, 1.165) is 10.6 Å². The first-order valence-electron chi connectivity index (χ1n) is 6.33. The van der Waals surface area contributed by atoms with Gasteiger partial charge in [0.05, 0.1) is 6.26 Å². The zero-order chi connectivity index (χ0) is 14.6. The summed E-state index contributed by atoms with van der Waals surface area (Å²) in [5.74, 6) is -0.427. The van der Waals surface area contributed by atoms with E-state index in [-0.39, 0.29) is 24.9 Å². The molecule has 0 bridgehead atoms. The maximum atomic E-state index is 12.0. The third-order valence-corrected chi connectivity index (χ3v) is 4.36. The van der Waals surface area contributed by atoms with E-state index in [9.17, 15) is 18.0 Å². The molecule has 0 saturated carbocycles. The van der Waals surface area contributed by atoms with Crippen molar-refractivity contribution >= 4 is 21.8 Å². The van der Waals surface area contributed by atoms with Gasteiger partial charge in [0.15, 0.2) is 0 Å². The van der Waals surface area contributed by atoms with Gasteiger partial charge in [-0.25, -0.2) is 8.42 Å². The fourth-order valence-electron chi connectivity index (χ4n) is 2.12. The summed E-state index contributed by atoms with van der Waals surface area (Å²) in [6, 6.07) is -0.834. The number of rotatable bonds is 4. The molecule has 110 valence electrons. The second-order valence-electron chi connectivity index (χ2n) is 4.48. The fourth-order valence-corrected chi connectivity index (χ4v) is 3.16. The molecule has 8 heteroatoms. The zero-order valence-electron chi connectivity index (χ0n) is 11.5. The second kappa shape index (κ2) is 6.33. The lowest BCUT2D eigenvalue weighted by Crippen LogP contribution is -2.61. The summed E-state index contributed by atoms with van der Waals surface area (Å²) in [5.41, 5.74) is 0. The predicted molar refractivity (Wildman–Crippen MR) is 70.9 cm³/mol. The van der Waals surface area contributed by atoms with Crippen LogP contribution in [0.3, 0.4) is 0 Å². The largest absolute Gasteiger partial charge is 0.355 e. The van der Waals surface area contributed by atoms with Gasteiger partial charge in [-0.3, -0.25) is 9.59 Å². The first-order chi connectivity index (χ1) is 8.81. The van der Waals surface area contributed by atoms with Crippen molar-refractivity contribution in [3.05, 3.63) is 0 Å². The molecule has 1 rings (SSSR count). The van der Waals surface area contributed by atoms with E-state index in [4.69, 9.17) is 0 Å². The van der Waals surface area contributed by atoms with Crippen molar-refractivity contribution in [3.63, 3.8) is 0 Å². The molecule has 0 aromatic carbocycles. The van der Waals surface area contributed by atoms with E-state index in [2.05, 4.69) is 5.32 Å². The normalized spacial score (nSPS) is 21.2. The molecule has 0 aliphatic carbocycles. The zero-order valence-corrected chi connectivity index (χ0v) is 12.4. The topological polar surface area (TPSA) is 86.8 Å². The average molecular weight is 291 g/mol. The highest BCUT2D eigenvalue weighted by atomic mass is 32.2. The summed E-state index contributed by atoms with van der Waals surface area (Å²) in [4.78, 5) is 25.2. The van der Waals surface area contributed by atoms with Gasteiger partial charge in [0.2, 0.25) is 21.8 Å². The maximum Gasteiger partial charge on any atom is 0.240 e. The molecule has 1 aliphatic heterocycles. The molecule has 0 aromatic heterocycles. The van der Waals surface area contributed by atoms with Crippen LogP contribution in [-0.2, 0) is 19.6 Å². The van der Waals surface area contributed by atoms with Crippen LogP contribution in [0.5, 0.6) is 0 Å². The number of carbonyl (C=O) groups is 2. The summed E-state index contributed by atoms with van der Waals surface area (Å²) in [6.45, 7) is 4.54. The lowest BCUT2D eigenvalue weighted by atomic mass is 10.2. The summed E-state index contributed by atoms with van der Waals surface area (Å²) >= 11 is 0. The highest BCUT2D eigenvalue weighted by Gasteiger charge is 2.38. The Bertz CT molecular complexity index is 449. The lowest BCUT2D eigenvalue weighted by Gasteiger charge is -2.38. The number of piperazine rings is 1. The van der Waals surface area contributed by atoms with Crippen LogP contribution in [0.15, 0.2) is 0 Å². The Labute approximate surface area is 114 Å². The van der Waals surface area contributed by atoms with Crippen molar-refractivity contribution < 1.29 is 18.0 Å². The number of hydrogen-bond donors (Lipinski definition) is 1. The van der Waals surface area contributed by atoms with Gasteiger partial charge < -0.3 is 10.2 Å². The third-order valence-electron chi connectivity index (χ3n) is 3.07. The smallest absolute Gasteiger partial charge is 0.240 e. The van der Waals surface area contributed by atoms with Gasteiger partial charge in [0.1, 0.15) is 6.04 Å². The minimum Gasteiger partial charge on any atom is -0.355 e. The summed E-state index contributed by atoms with van der Waals surface area (Å²) in [7, 11) is -3.46. The first kappa shape index (κ1) is 15.9. The molecule has 1 unspecified atom stereocenters. The molecule has 1 heterocycles. The van der Waals surface area contributed by atoms with Crippen LogP contribution in [0.2, 0.25) is 0 Å². The monoisotopic (exact) mass is 291 g/mol. The van der Waals surface area contributed by atoms with Crippen molar-refractivity contribution in [3.8, 4) is 0 Å². The van der Waals surface area contributed by atoms with Gasteiger partial charge in [-0.1, -0.05) is 6.92 Å². The van der Waals surface area contributed by atoms with Crippen LogP contribution in [0, 0.1) is 0 Å². The Kier molecular flexibility index (Phi) is 5.30. The number of likely N-dealkylation sites (N-methyl/N-ethyl adjacent to an activating group) is 1. The minimum atomic E-state index is -3.46. The van der Waals surface area contributed by atoms with Gasteiger partial charge in [0, 0.05) is 32.6 Å². The molecular formula is C11H21N3O4S. The van der Waals surface area contributed by atoms with Crippen LogP contribution in [0.1, 0.15) is 20.3 Å². The van der Waals surface area contributed by atoms with Gasteiger partial charge in [-0.05, 0) is 6.92 Å². The van der Waals surface area contributed by atoms with Gasteiger partial charge in [0.25, 0.3) is 0 Å². The first-order valence-corrected chi connectivity index (χ1v) is 8.18. The van der Waals surface area contributed by atoms with Crippen LogP contribution in [0.25, 0.3) is 0 Å². The van der Waals surface area contributed by atoms with Crippen LogP contribution >= 0.6 is 0 Å². The molecule has 1 fully saturated rings. The molecule has 1 aliphatic rings. The Morgan fingerprint density at radius 1 is 1.26 bits per heavy atom. The Hall–Kier alpha value is -1.15. The van der Waals surface area contributed by atoms with Crippen molar-refractivity contribution in [2.45, 2.75) is 26.3 Å². The molecular weight excluding hydrogens is 270 g/mol. The molecule has 0 spiro atoms. The number of carbonyl (C=O) groups excluding carboxylic acids is 2. The fraction of sp³-hybridized carbons (Fsp3) is 0.818. The number of sulfonamides is 1. The van der Waals surface area contributed by atoms with Gasteiger partial charge in [-0.2, -0.15) is 4.31 Å². The number of hydrogen-bond acceptors (Lipinski definition) is 4. The average Bonchev–Trinajstić information content (AvgIpc) is 2.36. The molecule has 19 heavy (non-hydrogen) atoms. The summed E-state index contributed by atoms with van der Waals surface area (Å²) in [5, 5.41) is 2.61.